The summed E-state index contributed by atoms with van der Waals surface area (Å²) in [5, 5.41) is 16.4. The molecule has 0 saturated carbocycles. The molecule has 2 N–H and O–H groups in total. The Morgan fingerprint density at radius 3 is 2.76 bits per heavy atom. The van der Waals surface area contributed by atoms with Gasteiger partial charge in [0.1, 0.15) is 5.75 Å². The van der Waals surface area contributed by atoms with E-state index < -0.39 is 0 Å². The topological polar surface area (TPSA) is 71.2 Å². The zero-order chi connectivity index (χ0) is 12.5. The van der Waals surface area contributed by atoms with E-state index >= 15 is 0 Å². The van der Waals surface area contributed by atoms with Gasteiger partial charge in [0.05, 0.1) is 5.54 Å². The standard InChI is InChI=1S/C12H15N3O2/c1-12(2,13-3)11-14-10(15-17-11)8-5-4-6-9(16)7-8/h4-7,13,16H,1-3H3. The molecule has 5 nitrogen and oxygen atoms in total. The maximum absolute atomic E-state index is 9.39. The molecule has 0 fully saturated rings. The van der Waals surface area contributed by atoms with Gasteiger partial charge in [-0.3, -0.25) is 0 Å². The molecule has 17 heavy (non-hydrogen) atoms. The van der Waals surface area contributed by atoms with E-state index in [2.05, 4.69) is 15.5 Å². The summed E-state index contributed by atoms with van der Waals surface area (Å²) in [6, 6.07) is 6.76. The van der Waals surface area contributed by atoms with E-state index in [4.69, 9.17) is 4.52 Å². The highest BCUT2D eigenvalue weighted by atomic mass is 16.5. The molecular formula is C12H15N3O2. The second kappa shape index (κ2) is 4.18. The third-order valence-electron chi connectivity index (χ3n) is 2.69. The van der Waals surface area contributed by atoms with Crippen molar-refractivity contribution in [3.8, 4) is 17.1 Å². The van der Waals surface area contributed by atoms with Gasteiger partial charge in [0.2, 0.25) is 11.7 Å². The summed E-state index contributed by atoms with van der Waals surface area (Å²) < 4.78 is 5.21. The second-order valence-corrected chi connectivity index (χ2v) is 4.35. The lowest BCUT2D eigenvalue weighted by molar-refractivity contribution is 0.281. The summed E-state index contributed by atoms with van der Waals surface area (Å²) >= 11 is 0. The minimum atomic E-state index is -0.373. The normalized spacial score (nSPS) is 11.7. The fourth-order valence-corrected chi connectivity index (χ4v) is 1.35. The van der Waals surface area contributed by atoms with E-state index in [1.54, 1.807) is 18.2 Å². The van der Waals surface area contributed by atoms with Gasteiger partial charge in [0.15, 0.2) is 0 Å². The molecule has 1 aromatic heterocycles. The van der Waals surface area contributed by atoms with E-state index in [0.717, 1.165) is 5.56 Å². The Hall–Kier alpha value is -1.88. The highest BCUT2D eigenvalue weighted by molar-refractivity contribution is 5.56. The molecule has 1 heterocycles. The van der Waals surface area contributed by atoms with Crippen LogP contribution in [0.1, 0.15) is 19.7 Å². The van der Waals surface area contributed by atoms with E-state index in [1.165, 1.54) is 0 Å². The van der Waals surface area contributed by atoms with Gasteiger partial charge in [-0.1, -0.05) is 17.3 Å². The largest absolute Gasteiger partial charge is 0.508 e. The van der Waals surface area contributed by atoms with Crippen molar-refractivity contribution in [2.45, 2.75) is 19.4 Å². The Labute approximate surface area is 99.5 Å². The molecule has 0 spiro atoms. The lowest BCUT2D eigenvalue weighted by atomic mass is 10.1. The van der Waals surface area contributed by atoms with Gasteiger partial charge in [0, 0.05) is 5.56 Å². The summed E-state index contributed by atoms with van der Waals surface area (Å²) in [6.45, 7) is 3.90. The van der Waals surface area contributed by atoms with Crippen LogP contribution in [0.25, 0.3) is 11.4 Å². The number of aromatic hydroxyl groups is 1. The number of nitrogens with one attached hydrogen (secondary N) is 1. The van der Waals surface area contributed by atoms with Crippen LogP contribution in [0.15, 0.2) is 28.8 Å². The van der Waals surface area contributed by atoms with Crippen molar-refractivity contribution in [1.29, 1.82) is 0 Å². The molecule has 0 bridgehead atoms. The molecule has 0 amide bonds. The lowest BCUT2D eigenvalue weighted by Gasteiger charge is -2.17. The van der Waals surface area contributed by atoms with Crippen LogP contribution in [0.4, 0.5) is 0 Å². The third kappa shape index (κ3) is 2.29. The molecule has 0 aliphatic heterocycles. The van der Waals surface area contributed by atoms with Crippen molar-refractivity contribution in [3.63, 3.8) is 0 Å². The van der Waals surface area contributed by atoms with Gasteiger partial charge in [-0.2, -0.15) is 4.98 Å². The fraction of sp³-hybridized carbons (Fsp3) is 0.333. The molecule has 0 saturated heterocycles. The fourth-order valence-electron chi connectivity index (χ4n) is 1.35. The number of nitrogens with zero attached hydrogens (tertiary/aromatic N) is 2. The predicted octanol–water partition coefficient (Wildman–Crippen LogP) is 1.90. The summed E-state index contributed by atoms with van der Waals surface area (Å²) in [4.78, 5) is 4.31. The first-order chi connectivity index (χ1) is 8.03. The van der Waals surface area contributed by atoms with Gasteiger partial charge in [-0.25, -0.2) is 0 Å². The molecule has 5 heteroatoms. The van der Waals surface area contributed by atoms with Gasteiger partial charge in [-0.05, 0) is 33.0 Å². The smallest absolute Gasteiger partial charge is 0.246 e. The molecule has 90 valence electrons. The van der Waals surface area contributed by atoms with E-state index in [9.17, 15) is 5.11 Å². The van der Waals surface area contributed by atoms with E-state index in [1.807, 2.05) is 27.0 Å². The number of hydrogen-bond acceptors (Lipinski definition) is 5. The zero-order valence-electron chi connectivity index (χ0n) is 10.1. The van der Waals surface area contributed by atoms with Crippen molar-refractivity contribution < 1.29 is 9.63 Å². The average molecular weight is 233 g/mol. The van der Waals surface area contributed by atoms with Gasteiger partial charge < -0.3 is 14.9 Å². The Bertz CT molecular complexity index is 520. The monoisotopic (exact) mass is 233 g/mol. The van der Waals surface area contributed by atoms with Gasteiger partial charge >= 0.3 is 0 Å². The Morgan fingerprint density at radius 1 is 1.35 bits per heavy atom. The van der Waals surface area contributed by atoms with Gasteiger partial charge in [0.25, 0.3) is 0 Å². The number of aromatic nitrogens is 2. The highest BCUT2D eigenvalue weighted by Gasteiger charge is 2.25. The molecule has 0 atom stereocenters. The SMILES string of the molecule is CNC(C)(C)c1nc(-c2cccc(O)c2)no1. The number of phenols is 1. The molecule has 0 aliphatic rings. The summed E-state index contributed by atoms with van der Waals surface area (Å²) in [5.74, 6) is 1.17. The first-order valence-electron chi connectivity index (χ1n) is 5.35. The van der Waals surface area contributed by atoms with Crippen LogP contribution in [-0.4, -0.2) is 22.3 Å². The van der Waals surface area contributed by atoms with Crippen molar-refractivity contribution >= 4 is 0 Å². The molecule has 0 unspecified atom stereocenters. The molecule has 2 aromatic rings. The highest BCUT2D eigenvalue weighted by Crippen LogP contribution is 2.24. The van der Waals surface area contributed by atoms with Crippen LogP contribution in [0, 0.1) is 0 Å². The Morgan fingerprint density at radius 2 is 2.12 bits per heavy atom. The summed E-state index contributed by atoms with van der Waals surface area (Å²) in [6.07, 6.45) is 0. The molecule has 0 aliphatic carbocycles. The minimum absolute atomic E-state index is 0.182. The van der Waals surface area contributed by atoms with Crippen LogP contribution in [-0.2, 0) is 5.54 Å². The quantitative estimate of drug-likeness (QED) is 0.847. The van der Waals surface area contributed by atoms with Crippen LogP contribution < -0.4 is 5.32 Å². The van der Waals surface area contributed by atoms with Crippen LogP contribution in [0.2, 0.25) is 0 Å². The first-order valence-corrected chi connectivity index (χ1v) is 5.35. The van der Waals surface area contributed by atoms with Crippen molar-refractivity contribution in [2.75, 3.05) is 7.05 Å². The van der Waals surface area contributed by atoms with Gasteiger partial charge in [-0.15, -0.1) is 0 Å². The number of rotatable bonds is 3. The predicted molar refractivity (Wildman–Crippen MR) is 63.5 cm³/mol. The van der Waals surface area contributed by atoms with Crippen LogP contribution in [0.5, 0.6) is 5.75 Å². The molecule has 0 radical (unpaired) electrons. The third-order valence-corrected chi connectivity index (χ3v) is 2.69. The first kappa shape index (κ1) is 11.6. The summed E-state index contributed by atoms with van der Waals surface area (Å²) in [7, 11) is 1.83. The zero-order valence-corrected chi connectivity index (χ0v) is 10.1. The molecule has 1 aromatic carbocycles. The number of phenolic OH excluding ortho intramolecular Hbond substituents is 1. The second-order valence-electron chi connectivity index (χ2n) is 4.35. The maximum Gasteiger partial charge on any atom is 0.246 e. The number of hydrogen-bond donors (Lipinski definition) is 2. The Balaban J connectivity index is 2.36. The van der Waals surface area contributed by atoms with Crippen molar-refractivity contribution in [3.05, 3.63) is 30.2 Å². The molecular weight excluding hydrogens is 218 g/mol. The van der Waals surface area contributed by atoms with Crippen molar-refractivity contribution in [1.82, 2.24) is 15.5 Å². The average Bonchev–Trinajstić information content (AvgIpc) is 2.79. The molecule has 2 rings (SSSR count). The van der Waals surface area contributed by atoms with E-state index in [0.29, 0.717) is 11.7 Å². The summed E-state index contributed by atoms with van der Waals surface area (Å²) in [5.41, 5.74) is 0.356. The van der Waals surface area contributed by atoms with Crippen LogP contribution in [0.3, 0.4) is 0 Å². The van der Waals surface area contributed by atoms with Crippen LogP contribution >= 0.6 is 0 Å². The maximum atomic E-state index is 9.39. The minimum Gasteiger partial charge on any atom is -0.508 e. The van der Waals surface area contributed by atoms with E-state index in [-0.39, 0.29) is 11.3 Å². The lowest BCUT2D eigenvalue weighted by Crippen LogP contribution is -2.33. The Kier molecular flexibility index (Phi) is 2.85. The number of benzene rings is 1. The van der Waals surface area contributed by atoms with Crippen molar-refractivity contribution in [2.24, 2.45) is 0 Å².